The Morgan fingerprint density at radius 2 is 2.06 bits per heavy atom. The summed E-state index contributed by atoms with van der Waals surface area (Å²) in [6.45, 7) is 5.44. The first kappa shape index (κ1) is 24.4. The highest BCUT2D eigenvalue weighted by atomic mass is 19.1. The number of halogens is 1. The summed E-state index contributed by atoms with van der Waals surface area (Å²) in [5, 5.41) is 0.112. The van der Waals surface area contributed by atoms with Crippen molar-refractivity contribution in [3.63, 3.8) is 0 Å². The Balaban J connectivity index is 1.64. The number of nitrogens with zero attached hydrogens (tertiary/aromatic N) is 3. The number of hydrogen-bond donors (Lipinski definition) is 1. The molecule has 3 heterocycles. The molecule has 1 saturated heterocycles. The van der Waals surface area contributed by atoms with Crippen LogP contribution < -0.4 is 11.2 Å². The van der Waals surface area contributed by atoms with E-state index in [1.165, 1.54) is 16.7 Å². The van der Waals surface area contributed by atoms with Crippen molar-refractivity contribution in [3.05, 3.63) is 73.8 Å². The third-order valence-corrected chi connectivity index (χ3v) is 6.74. The lowest BCUT2D eigenvalue weighted by molar-refractivity contribution is 0.0508. The molecule has 3 aromatic rings. The molecule has 0 radical (unpaired) electrons. The fourth-order valence-corrected chi connectivity index (χ4v) is 4.86. The van der Waals surface area contributed by atoms with Crippen LogP contribution in [0.25, 0.3) is 11.0 Å². The number of H-pyrrole nitrogens is 1. The van der Waals surface area contributed by atoms with Crippen molar-refractivity contribution < 1.29 is 13.9 Å². The molecule has 5 rings (SSSR count). The van der Waals surface area contributed by atoms with Crippen LogP contribution in [0.5, 0.6) is 0 Å². The maximum Gasteiger partial charge on any atom is 0.330 e. The molecule has 0 spiro atoms. The van der Waals surface area contributed by atoms with Gasteiger partial charge in [-0.3, -0.25) is 19.1 Å². The molecule has 0 bridgehead atoms. The molecule has 2 aromatic heterocycles. The number of carbonyl (C=O) groups excluding carboxylic acids is 1. The fourth-order valence-electron chi connectivity index (χ4n) is 4.86. The molecule has 1 aliphatic carbocycles. The van der Waals surface area contributed by atoms with Gasteiger partial charge in [-0.05, 0) is 55.4 Å². The number of nitrogens with one attached hydrogen (secondary N) is 1. The van der Waals surface area contributed by atoms with Gasteiger partial charge in [0.05, 0.1) is 17.1 Å². The first-order valence-corrected chi connectivity index (χ1v) is 12.6. The first-order valence-electron chi connectivity index (χ1n) is 12.6. The smallest absolute Gasteiger partial charge is 0.330 e. The Kier molecular flexibility index (Phi) is 6.75. The van der Waals surface area contributed by atoms with Gasteiger partial charge < -0.3 is 9.64 Å². The van der Waals surface area contributed by atoms with Crippen LogP contribution in [0.4, 0.5) is 4.39 Å². The molecular weight excluding hydrogens is 463 g/mol. The summed E-state index contributed by atoms with van der Waals surface area (Å²) in [5.74, 6) is -0.398. The van der Waals surface area contributed by atoms with Gasteiger partial charge in [0.15, 0.2) is 5.65 Å². The van der Waals surface area contributed by atoms with Crippen LogP contribution in [-0.4, -0.2) is 44.6 Å². The van der Waals surface area contributed by atoms with E-state index < -0.39 is 11.2 Å². The van der Waals surface area contributed by atoms with E-state index >= 15 is 0 Å². The highest BCUT2D eigenvalue weighted by Gasteiger charge is 2.31. The van der Waals surface area contributed by atoms with E-state index in [1.807, 2.05) is 13.8 Å². The van der Waals surface area contributed by atoms with Crippen LogP contribution in [0.15, 0.2) is 39.9 Å². The minimum absolute atomic E-state index is 0.112. The molecule has 1 amide bonds. The largest absolute Gasteiger partial charge is 0.376 e. The highest BCUT2D eigenvalue weighted by molar-refractivity contribution is 6.05. The number of aromatic amines is 1. The predicted molar refractivity (Wildman–Crippen MR) is 134 cm³/mol. The molecule has 1 aliphatic heterocycles. The molecule has 36 heavy (non-hydrogen) atoms. The molecule has 1 unspecified atom stereocenters. The van der Waals surface area contributed by atoms with Gasteiger partial charge in [0.1, 0.15) is 5.82 Å². The number of ether oxygens (including phenoxy) is 1. The average Bonchev–Trinajstić information content (AvgIpc) is 3.56. The Labute approximate surface area is 208 Å². The molecule has 2 fully saturated rings. The SMILES string of the molecule is CC(C)Cn1c(=O)[nH]c(=O)c2c(C(=O)N(Cc3cccc(F)c3)CC3CCCO3)cc(C3CC3)nc21. The van der Waals surface area contributed by atoms with Crippen molar-refractivity contribution in [2.45, 2.75) is 64.6 Å². The predicted octanol–water partition coefficient (Wildman–Crippen LogP) is 3.58. The van der Waals surface area contributed by atoms with E-state index in [9.17, 15) is 18.8 Å². The van der Waals surface area contributed by atoms with E-state index in [0.717, 1.165) is 31.4 Å². The third kappa shape index (κ3) is 5.11. The molecule has 2 aliphatic rings. The van der Waals surface area contributed by atoms with Crippen molar-refractivity contribution in [1.29, 1.82) is 0 Å². The molecule has 1 atom stereocenters. The summed E-state index contributed by atoms with van der Waals surface area (Å²) in [5.41, 5.74) is 0.666. The maximum atomic E-state index is 14.1. The second-order valence-electron chi connectivity index (χ2n) is 10.3. The minimum atomic E-state index is -0.629. The van der Waals surface area contributed by atoms with Crippen LogP contribution in [0.1, 0.15) is 67.1 Å². The van der Waals surface area contributed by atoms with Crippen LogP contribution in [0, 0.1) is 11.7 Å². The van der Waals surface area contributed by atoms with Gasteiger partial charge in [-0.2, -0.15) is 0 Å². The van der Waals surface area contributed by atoms with Crippen LogP contribution in [0.3, 0.4) is 0 Å². The number of aromatic nitrogens is 3. The second-order valence-corrected chi connectivity index (χ2v) is 10.3. The quantitative estimate of drug-likeness (QED) is 0.516. The van der Waals surface area contributed by atoms with Gasteiger partial charge >= 0.3 is 5.69 Å². The Morgan fingerprint density at radius 3 is 2.72 bits per heavy atom. The number of carbonyl (C=O) groups is 1. The van der Waals surface area contributed by atoms with Gasteiger partial charge in [-0.1, -0.05) is 26.0 Å². The number of benzene rings is 1. The average molecular weight is 495 g/mol. The standard InChI is InChI=1S/C27H31FN4O4/c1-16(2)13-32-24-23(25(33)30-27(32)35)21(12-22(29-24)18-8-9-18)26(34)31(15-20-7-4-10-36-20)14-17-5-3-6-19(28)11-17/h3,5-6,11-12,16,18,20H,4,7-10,13-15H2,1-2H3,(H,30,33,35). The van der Waals surface area contributed by atoms with Crippen LogP contribution in [-0.2, 0) is 17.8 Å². The Morgan fingerprint density at radius 1 is 1.25 bits per heavy atom. The highest BCUT2D eigenvalue weighted by Crippen LogP contribution is 2.40. The number of hydrogen-bond acceptors (Lipinski definition) is 5. The van der Waals surface area contributed by atoms with Crippen molar-refractivity contribution in [3.8, 4) is 0 Å². The van der Waals surface area contributed by atoms with Crippen molar-refractivity contribution >= 4 is 16.9 Å². The lowest BCUT2D eigenvalue weighted by Gasteiger charge is -2.26. The van der Waals surface area contributed by atoms with E-state index in [4.69, 9.17) is 9.72 Å². The van der Waals surface area contributed by atoms with Gasteiger partial charge in [0, 0.05) is 37.9 Å². The molecule has 8 nitrogen and oxygen atoms in total. The van der Waals surface area contributed by atoms with E-state index in [-0.39, 0.29) is 52.8 Å². The first-order chi connectivity index (χ1) is 17.3. The zero-order valence-electron chi connectivity index (χ0n) is 20.6. The van der Waals surface area contributed by atoms with Crippen molar-refractivity contribution in [2.24, 2.45) is 5.92 Å². The Hall–Kier alpha value is -3.33. The molecule has 1 aromatic carbocycles. The summed E-state index contributed by atoms with van der Waals surface area (Å²) >= 11 is 0. The minimum Gasteiger partial charge on any atom is -0.376 e. The lowest BCUT2D eigenvalue weighted by Crippen LogP contribution is -2.39. The summed E-state index contributed by atoms with van der Waals surface area (Å²) < 4.78 is 21.2. The van der Waals surface area contributed by atoms with Crippen LogP contribution in [0.2, 0.25) is 0 Å². The zero-order chi connectivity index (χ0) is 25.4. The molecular formula is C27H31FN4O4. The van der Waals surface area contributed by atoms with Gasteiger partial charge in [0.25, 0.3) is 11.5 Å². The van der Waals surface area contributed by atoms with Crippen molar-refractivity contribution in [1.82, 2.24) is 19.4 Å². The fraction of sp³-hybridized carbons (Fsp3) is 0.481. The normalized spacial score (nSPS) is 17.7. The Bertz CT molecular complexity index is 1400. The van der Waals surface area contributed by atoms with E-state index in [2.05, 4.69) is 4.98 Å². The zero-order valence-corrected chi connectivity index (χ0v) is 20.6. The van der Waals surface area contributed by atoms with Gasteiger partial charge in [0.2, 0.25) is 0 Å². The topological polar surface area (TPSA) is 97.3 Å². The summed E-state index contributed by atoms with van der Waals surface area (Å²) in [6, 6.07) is 7.86. The molecule has 9 heteroatoms. The monoisotopic (exact) mass is 494 g/mol. The van der Waals surface area contributed by atoms with Gasteiger partial charge in [-0.15, -0.1) is 0 Å². The number of pyridine rings is 1. The number of amides is 1. The summed E-state index contributed by atoms with van der Waals surface area (Å²) in [4.78, 5) is 48.6. The maximum absolute atomic E-state index is 14.1. The molecule has 190 valence electrons. The van der Waals surface area contributed by atoms with Crippen molar-refractivity contribution in [2.75, 3.05) is 13.2 Å². The van der Waals surface area contributed by atoms with E-state index in [1.54, 1.807) is 23.1 Å². The van der Waals surface area contributed by atoms with Crippen LogP contribution >= 0.6 is 0 Å². The van der Waals surface area contributed by atoms with E-state index in [0.29, 0.717) is 25.3 Å². The second kappa shape index (κ2) is 9.97. The summed E-state index contributed by atoms with van der Waals surface area (Å²) in [7, 11) is 0. The molecule has 1 N–H and O–H groups in total. The number of rotatable bonds is 8. The lowest BCUT2D eigenvalue weighted by atomic mass is 10.1. The number of fused-ring (bicyclic) bond motifs is 1. The third-order valence-electron chi connectivity index (χ3n) is 6.74. The molecule has 1 saturated carbocycles. The summed E-state index contributed by atoms with van der Waals surface area (Å²) in [6.07, 6.45) is 3.51. The van der Waals surface area contributed by atoms with Gasteiger partial charge in [-0.25, -0.2) is 14.2 Å².